The van der Waals surface area contributed by atoms with Gasteiger partial charge >= 0.3 is 0 Å². The second-order valence-electron chi connectivity index (χ2n) is 3.96. The quantitative estimate of drug-likeness (QED) is 0.537. The molecule has 3 aromatic rings. The van der Waals surface area contributed by atoms with E-state index < -0.39 is 0 Å². The van der Waals surface area contributed by atoms with Crippen LogP contribution in [0, 0.1) is 5.82 Å². The first-order valence-corrected chi connectivity index (χ1v) is 7.57. The number of rotatable bonds is 4. The predicted molar refractivity (Wildman–Crippen MR) is 76.4 cm³/mol. The fraction of sp³-hybridized carbons (Fsp3) is 0.0833. The molecule has 0 atom stereocenters. The van der Waals surface area contributed by atoms with Gasteiger partial charge in [-0.25, -0.2) is 4.39 Å². The highest BCUT2D eigenvalue weighted by Gasteiger charge is 2.11. The third kappa shape index (κ3) is 2.98. The number of aromatic nitrogens is 4. The average molecular weight is 322 g/mol. The summed E-state index contributed by atoms with van der Waals surface area (Å²) in [5.74, 6) is -0.380. The Morgan fingerprint density at radius 3 is 2.81 bits per heavy atom. The molecule has 2 aromatic heterocycles. The number of Topliss-reactive ketones (excluding diaryl/α,β-unsaturated/α-hetero) is 1. The second kappa shape index (κ2) is 5.70. The topological polar surface area (TPSA) is 77.2 Å². The number of ketones is 1. The third-order valence-electron chi connectivity index (χ3n) is 2.55. The van der Waals surface area contributed by atoms with Crippen molar-refractivity contribution >= 4 is 33.8 Å². The number of hydrogen-bond acceptors (Lipinski definition) is 7. The summed E-state index contributed by atoms with van der Waals surface area (Å²) in [5, 5.41) is 11.4. The summed E-state index contributed by atoms with van der Waals surface area (Å²) in [4.78, 5) is 23.8. The van der Waals surface area contributed by atoms with Crippen LogP contribution < -0.4 is 5.56 Å². The van der Waals surface area contributed by atoms with Gasteiger partial charge in [-0.1, -0.05) is 23.1 Å². The summed E-state index contributed by atoms with van der Waals surface area (Å²) in [5.41, 5.74) is 0.0648. The lowest BCUT2D eigenvalue weighted by molar-refractivity contribution is 0.102. The molecule has 21 heavy (non-hydrogen) atoms. The number of halogens is 1. The van der Waals surface area contributed by atoms with E-state index in [0.717, 1.165) is 10.7 Å². The van der Waals surface area contributed by atoms with Crippen molar-refractivity contribution in [3.8, 4) is 0 Å². The molecule has 0 saturated heterocycles. The van der Waals surface area contributed by atoms with Gasteiger partial charge in [-0.15, -0.1) is 10.2 Å². The van der Waals surface area contributed by atoms with Crippen molar-refractivity contribution in [2.45, 2.75) is 4.34 Å². The summed E-state index contributed by atoms with van der Waals surface area (Å²) in [7, 11) is 0. The van der Waals surface area contributed by atoms with Gasteiger partial charge in [-0.3, -0.25) is 9.59 Å². The molecule has 0 aliphatic carbocycles. The zero-order valence-electron chi connectivity index (χ0n) is 10.4. The molecule has 0 N–H and O–H groups in total. The van der Waals surface area contributed by atoms with E-state index in [9.17, 15) is 14.0 Å². The van der Waals surface area contributed by atoms with Crippen molar-refractivity contribution in [2.24, 2.45) is 0 Å². The van der Waals surface area contributed by atoms with Gasteiger partial charge in [0.15, 0.2) is 10.1 Å². The third-order valence-corrected chi connectivity index (χ3v) is 4.59. The molecule has 6 nitrogen and oxygen atoms in total. The van der Waals surface area contributed by atoms with Crippen molar-refractivity contribution in [2.75, 3.05) is 5.75 Å². The Morgan fingerprint density at radius 2 is 2.10 bits per heavy atom. The zero-order chi connectivity index (χ0) is 14.8. The van der Waals surface area contributed by atoms with Crippen LogP contribution in [0.5, 0.6) is 0 Å². The van der Waals surface area contributed by atoms with Gasteiger partial charge in [0.2, 0.25) is 4.96 Å². The molecule has 0 unspecified atom stereocenters. The van der Waals surface area contributed by atoms with Crippen LogP contribution in [0.3, 0.4) is 0 Å². The minimum absolute atomic E-state index is 0.141. The molecule has 0 aliphatic heterocycles. The molecule has 0 spiro atoms. The second-order valence-corrected chi connectivity index (χ2v) is 6.14. The largest absolute Gasteiger partial charge is 0.293 e. The molecular formula is C12H7FN4O2S2. The van der Waals surface area contributed by atoms with Crippen LogP contribution in [-0.4, -0.2) is 31.3 Å². The lowest BCUT2D eigenvalue weighted by Gasteiger charge is -1.98. The number of nitrogens with zero attached hydrogens (tertiary/aromatic N) is 4. The maximum Gasteiger partial charge on any atom is 0.293 e. The Morgan fingerprint density at radius 1 is 1.33 bits per heavy atom. The van der Waals surface area contributed by atoms with Crippen LogP contribution in [0.15, 0.2) is 39.6 Å². The highest BCUT2D eigenvalue weighted by atomic mass is 32.2. The zero-order valence-corrected chi connectivity index (χ0v) is 12.0. The van der Waals surface area contributed by atoms with E-state index in [-0.39, 0.29) is 22.9 Å². The van der Waals surface area contributed by atoms with Crippen molar-refractivity contribution < 1.29 is 9.18 Å². The van der Waals surface area contributed by atoms with Gasteiger partial charge in [0, 0.05) is 5.56 Å². The van der Waals surface area contributed by atoms with Crippen molar-refractivity contribution in [3.63, 3.8) is 0 Å². The lowest BCUT2D eigenvalue weighted by Crippen LogP contribution is -2.14. The highest BCUT2D eigenvalue weighted by molar-refractivity contribution is 8.01. The van der Waals surface area contributed by atoms with Crippen LogP contribution in [0.4, 0.5) is 4.39 Å². The Kier molecular flexibility index (Phi) is 3.76. The van der Waals surface area contributed by atoms with Gasteiger partial charge in [0.05, 0.1) is 5.75 Å². The maximum atomic E-state index is 12.8. The van der Waals surface area contributed by atoms with Crippen LogP contribution >= 0.6 is 23.1 Å². The Bertz CT molecular complexity index is 860. The summed E-state index contributed by atoms with van der Waals surface area (Å²) < 4.78 is 14.5. The SMILES string of the molecule is O=C(CSc1nn2c(=O)cnnc2s1)c1ccc(F)cc1. The lowest BCUT2D eigenvalue weighted by atomic mass is 10.1. The number of fused-ring (bicyclic) bond motifs is 1. The van der Waals surface area contributed by atoms with Gasteiger partial charge in [0.25, 0.3) is 5.56 Å². The molecule has 0 aliphatic rings. The molecule has 1 aromatic carbocycles. The van der Waals surface area contributed by atoms with Gasteiger partial charge in [0.1, 0.15) is 12.0 Å². The summed E-state index contributed by atoms with van der Waals surface area (Å²) in [6.07, 6.45) is 1.07. The van der Waals surface area contributed by atoms with E-state index in [1.54, 1.807) is 0 Å². The van der Waals surface area contributed by atoms with Crippen molar-refractivity contribution in [3.05, 3.63) is 52.2 Å². The summed E-state index contributed by atoms with van der Waals surface area (Å²) in [6.45, 7) is 0. The number of benzene rings is 1. The average Bonchev–Trinajstić information content (AvgIpc) is 2.90. The van der Waals surface area contributed by atoms with Crippen molar-refractivity contribution in [1.29, 1.82) is 0 Å². The minimum atomic E-state index is -0.386. The smallest absolute Gasteiger partial charge is 0.293 e. The van der Waals surface area contributed by atoms with Gasteiger partial charge in [-0.05, 0) is 24.3 Å². The van der Waals surface area contributed by atoms with Crippen LogP contribution in [-0.2, 0) is 0 Å². The Labute approximate surface area is 125 Å². The minimum Gasteiger partial charge on any atom is -0.293 e. The molecule has 106 valence electrons. The highest BCUT2D eigenvalue weighted by Crippen LogP contribution is 2.23. The van der Waals surface area contributed by atoms with E-state index in [4.69, 9.17) is 0 Å². The van der Waals surface area contributed by atoms with E-state index in [0.29, 0.717) is 14.9 Å². The van der Waals surface area contributed by atoms with E-state index >= 15 is 0 Å². The number of thioether (sulfide) groups is 1. The number of carbonyl (C=O) groups is 1. The molecule has 0 saturated carbocycles. The van der Waals surface area contributed by atoms with E-state index in [1.807, 2.05) is 0 Å². The standard InChI is InChI=1S/C12H7FN4O2S2/c13-8-3-1-7(2-4-8)9(18)6-20-12-16-17-10(19)5-14-15-11(17)21-12/h1-5H,6H2. The fourth-order valence-corrected chi connectivity index (χ4v) is 3.34. The Balaban J connectivity index is 1.74. The molecule has 0 amide bonds. The summed E-state index contributed by atoms with van der Waals surface area (Å²) >= 11 is 2.38. The normalized spacial score (nSPS) is 10.9. The van der Waals surface area contributed by atoms with Gasteiger partial charge in [-0.2, -0.15) is 9.61 Å². The van der Waals surface area contributed by atoms with E-state index in [1.165, 1.54) is 47.4 Å². The Hall–Kier alpha value is -2.13. The van der Waals surface area contributed by atoms with Crippen molar-refractivity contribution in [1.82, 2.24) is 19.8 Å². The molecule has 3 rings (SSSR count). The van der Waals surface area contributed by atoms with Crippen LogP contribution in [0.2, 0.25) is 0 Å². The molecular weight excluding hydrogens is 315 g/mol. The first-order valence-electron chi connectivity index (χ1n) is 5.76. The fourth-order valence-electron chi connectivity index (χ4n) is 1.56. The number of hydrogen-bond donors (Lipinski definition) is 0. The number of carbonyl (C=O) groups excluding carboxylic acids is 1. The van der Waals surface area contributed by atoms with Gasteiger partial charge < -0.3 is 0 Å². The monoisotopic (exact) mass is 322 g/mol. The maximum absolute atomic E-state index is 12.8. The summed E-state index contributed by atoms with van der Waals surface area (Å²) in [6, 6.07) is 5.36. The van der Waals surface area contributed by atoms with E-state index in [2.05, 4.69) is 15.3 Å². The van der Waals surface area contributed by atoms with Crippen LogP contribution in [0.1, 0.15) is 10.4 Å². The first-order chi connectivity index (χ1) is 10.1. The molecule has 9 heteroatoms. The molecule has 0 radical (unpaired) electrons. The first kappa shape index (κ1) is 13.8. The van der Waals surface area contributed by atoms with Crippen LogP contribution in [0.25, 0.3) is 4.96 Å². The predicted octanol–water partition coefficient (Wildman–Crippen LogP) is 1.66. The molecule has 0 fully saturated rings. The molecule has 0 bridgehead atoms. The molecule has 2 heterocycles.